The highest BCUT2D eigenvalue weighted by Crippen LogP contribution is 2.37. The van der Waals surface area contributed by atoms with E-state index in [0.717, 1.165) is 4.31 Å². The largest absolute Gasteiger partial charge is 0.279 e. The van der Waals surface area contributed by atoms with Crippen LogP contribution >= 0.6 is 62.3 Å². The normalized spacial score (nSPS) is 12.7. The summed E-state index contributed by atoms with van der Waals surface area (Å²) < 4.78 is 27.9. The van der Waals surface area contributed by atoms with Gasteiger partial charge in [-0.1, -0.05) is 50.7 Å². The Morgan fingerprint density at radius 2 is 1.72 bits per heavy atom. The Morgan fingerprint density at radius 3 is 2.28 bits per heavy atom. The van der Waals surface area contributed by atoms with Crippen LogP contribution in [0.5, 0.6) is 0 Å². The van der Waals surface area contributed by atoms with Gasteiger partial charge in [0.15, 0.2) is 0 Å². The molecule has 134 valence electrons. The lowest BCUT2D eigenvalue weighted by atomic mass is 10.3. The summed E-state index contributed by atoms with van der Waals surface area (Å²) >= 11 is 26.9. The molecule has 25 heavy (non-hydrogen) atoms. The van der Waals surface area contributed by atoms with Crippen LogP contribution in [-0.2, 0) is 14.8 Å². The smallest absolute Gasteiger partial charge is 0.266 e. The molecular weight excluding hydrogens is 496 g/mol. The molecule has 0 radical (unpaired) electrons. The number of nitrogens with zero attached hydrogens (tertiary/aromatic N) is 1. The van der Waals surface area contributed by atoms with Crippen LogP contribution in [0.2, 0.25) is 15.1 Å². The minimum absolute atomic E-state index is 0.0446. The van der Waals surface area contributed by atoms with Crippen molar-refractivity contribution in [1.82, 2.24) is 0 Å². The molecule has 2 aromatic rings. The van der Waals surface area contributed by atoms with Gasteiger partial charge in [-0.15, -0.1) is 0 Å². The Hall–Kier alpha value is -0.500. The van der Waals surface area contributed by atoms with Crippen LogP contribution in [0.4, 0.5) is 5.69 Å². The van der Waals surface area contributed by atoms with Crippen LogP contribution in [0.3, 0.4) is 0 Å². The number of rotatable bonds is 5. The second-order valence-electron chi connectivity index (χ2n) is 4.95. The first-order chi connectivity index (χ1) is 11.6. The molecule has 1 atom stereocenters. The number of sulfonamides is 1. The van der Waals surface area contributed by atoms with Crippen LogP contribution in [0, 0.1) is 0 Å². The summed E-state index contributed by atoms with van der Waals surface area (Å²) in [6.07, 6.45) is 0. The van der Waals surface area contributed by atoms with Crippen molar-refractivity contribution < 1.29 is 13.2 Å². The number of benzene rings is 2. The molecule has 2 rings (SSSR count). The van der Waals surface area contributed by atoms with Gasteiger partial charge in [-0.05, 0) is 54.9 Å². The van der Waals surface area contributed by atoms with E-state index in [9.17, 15) is 13.2 Å². The molecule has 0 fully saturated rings. The fraction of sp³-hybridized carbons (Fsp3) is 0.133. The topological polar surface area (TPSA) is 54.5 Å². The molecule has 0 amide bonds. The molecule has 0 bridgehead atoms. The first-order valence-electron chi connectivity index (χ1n) is 6.69. The Balaban J connectivity index is 2.75. The van der Waals surface area contributed by atoms with Crippen LogP contribution in [0.1, 0.15) is 6.92 Å². The second-order valence-corrected chi connectivity index (χ2v) is 9.27. The molecule has 0 saturated heterocycles. The lowest BCUT2D eigenvalue weighted by Crippen LogP contribution is -2.42. The maximum absolute atomic E-state index is 13.2. The zero-order valence-corrected chi connectivity index (χ0v) is 17.9. The Bertz CT molecular complexity index is 936. The maximum Gasteiger partial charge on any atom is 0.266 e. The average Bonchev–Trinajstić information content (AvgIpc) is 2.51. The van der Waals surface area contributed by atoms with E-state index in [1.807, 2.05) is 0 Å². The van der Waals surface area contributed by atoms with Crippen LogP contribution < -0.4 is 4.31 Å². The van der Waals surface area contributed by atoms with Crippen molar-refractivity contribution in [3.8, 4) is 0 Å². The average molecular weight is 506 g/mol. The van der Waals surface area contributed by atoms with Crippen molar-refractivity contribution >= 4 is 83.3 Å². The van der Waals surface area contributed by atoms with E-state index in [1.54, 1.807) is 6.07 Å². The number of hydrogen-bond acceptors (Lipinski definition) is 3. The van der Waals surface area contributed by atoms with Gasteiger partial charge in [0, 0.05) is 9.50 Å². The third kappa shape index (κ3) is 4.43. The summed E-state index contributed by atoms with van der Waals surface area (Å²) in [5, 5.41) is -0.631. The molecule has 2 aromatic carbocycles. The highest BCUT2D eigenvalue weighted by atomic mass is 79.9. The molecule has 10 heteroatoms. The zero-order valence-electron chi connectivity index (χ0n) is 12.5. The van der Waals surface area contributed by atoms with Crippen LogP contribution in [0.15, 0.2) is 45.8 Å². The van der Waals surface area contributed by atoms with Gasteiger partial charge in [-0.2, -0.15) is 0 Å². The van der Waals surface area contributed by atoms with Gasteiger partial charge < -0.3 is 0 Å². The molecule has 0 aliphatic carbocycles. The van der Waals surface area contributed by atoms with E-state index in [1.165, 1.54) is 37.3 Å². The van der Waals surface area contributed by atoms with E-state index < -0.39 is 21.3 Å². The predicted octanol–water partition coefficient (Wildman–Crippen LogP) is 5.76. The molecule has 0 N–H and O–H groups in total. The quantitative estimate of drug-likeness (QED) is 0.485. The van der Waals surface area contributed by atoms with Crippen molar-refractivity contribution in [3.05, 3.63) is 55.9 Å². The molecule has 0 spiro atoms. The Kier molecular flexibility index (Phi) is 6.68. The van der Waals surface area contributed by atoms with Gasteiger partial charge in [0.2, 0.25) is 5.24 Å². The summed E-state index contributed by atoms with van der Waals surface area (Å²) in [5.74, 6) is 0. The molecule has 1 unspecified atom stereocenters. The van der Waals surface area contributed by atoms with Gasteiger partial charge in [-0.3, -0.25) is 9.10 Å². The van der Waals surface area contributed by atoms with E-state index >= 15 is 0 Å². The molecular formula is C15H10BrCl4NO3S. The van der Waals surface area contributed by atoms with Crippen molar-refractivity contribution in [2.24, 2.45) is 0 Å². The van der Waals surface area contributed by atoms with Crippen LogP contribution in [-0.4, -0.2) is 19.7 Å². The maximum atomic E-state index is 13.2. The third-order valence-corrected chi connectivity index (χ3v) is 6.97. The number of anilines is 1. The highest BCUT2D eigenvalue weighted by molar-refractivity contribution is 9.10. The minimum atomic E-state index is -4.27. The Labute approximate surface area is 173 Å². The fourth-order valence-corrected chi connectivity index (χ4v) is 5.43. The summed E-state index contributed by atoms with van der Waals surface area (Å²) in [5.41, 5.74) is 0.0856. The van der Waals surface area contributed by atoms with E-state index in [-0.39, 0.29) is 25.7 Å². The number of carbonyl (C=O) groups is 1. The number of hydrogen-bond donors (Lipinski definition) is 0. The van der Waals surface area contributed by atoms with Crippen LogP contribution in [0.25, 0.3) is 0 Å². The van der Waals surface area contributed by atoms with Gasteiger partial charge in [-0.25, -0.2) is 8.42 Å². The summed E-state index contributed by atoms with van der Waals surface area (Å²) in [6, 6.07) is 7.34. The van der Waals surface area contributed by atoms with Gasteiger partial charge in [0.1, 0.15) is 10.9 Å². The number of halogens is 5. The highest BCUT2D eigenvalue weighted by Gasteiger charge is 2.35. The molecule has 0 heterocycles. The van der Waals surface area contributed by atoms with E-state index in [2.05, 4.69) is 15.9 Å². The van der Waals surface area contributed by atoms with Crippen molar-refractivity contribution in [2.45, 2.75) is 17.9 Å². The monoisotopic (exact) mass is 503 g/mol. The van der Waals surface area contributed by atoms with E-state index in [0.29, 0.717) is 4.47 Å². The van der Waals surface area contributed by atoms with Crippen molar-refractivity contribution in [1.29, 1.82) is 0 Å². The summed E-state index contributed by atoms with van der Waals surface area (Å²) in [4.78, 5) is 11.5. The molecule has 0 aromatic heterocycles. The molecule has 4 nitrogen and oxygen atoms in total. The molecule has 0 saturated carbocycles. The lowest BCUT2D eigenvalue weighted by molar-refractivity contribution is -0.112. The lowest BCUT2D eigenvalue weighted by Gasteiger charge is -2.29. The first kappa shape index (κ1) is 20.8. The Morgan fingerprint density at radius 1 is 1.08 bits per heavy atom. The summed E-state index contributed by atoms with van der Waals surface area (Å²) in [7, 11) is -4.27. The number of carbonyl (C=O) groups excluding carboxylic acids is 1. The van der Waals surface area contributed by atoms with Gasteiger partial charge >= 0.3 is 0 Å². The van der Waals surface area contributed by atoms with Crippen molar-refractivity contribution in [2.75, 3.05) is 4.31 Å². The van der Waals surface area contributed by atoms with Gasteiger partial charge in [0.05, 0.1) is 15.7 Å². The fourth-order valence-electron chi connectivity index (χ4n) is 2.08. The predicted molar refractivity (Wildman–Crippen MR) is 106 cm³/mol. The first-order valence-corrected chi connectivity index (χ1v) is 10.4. The molecule has 0 aliphatic heterocycles. The van der Waals surface area contributed by atoms with Crippen molar-refractivity contribution in [3.63, 3.8) is 0 Å². The SMILES string of the molecule is CC(C(=O)Cl)N(c1ccc(Br)cc1Cl)S(=O)(=O)c1cc(Cl)ccc1Cl. The third-order valence-electron chi connectivity index (χ3n) is 3.26. The zero-order chi connectivity index (χ0) is 18.9. The summed E-state index contributed by atoms with van der Waals surface area (Å²) in [6.45, 7) is 1.35. The minimum Gasteiger partial charge on any atom is -0.279 e. The van der Waals surface area contributed by atoms with Gasteiger partial charge in [0.25, 0.3) is 10.0 Å². The standard InChI is InChI=1S/C15H10BrCl4NO3S/c1-8(15(20)22)21(13-5-2-9(16)6-12(13)19)25(23,24)14-7-10(17)3-4-11(14)18/h2-8H,1H3. The molecule has 0 aliphatic rings. The second kappa shape index (κ2) is 8.03. The van der Waals surface area contributed by atoms with E-state index in [4.69, 9.17) is 46.4 Å².